The average molecular weight is 210 g/mol. The van der Waals surface area contributed by atoms with Crippen molar-refractivity contribution in [2.75, 3.05) is 6.61 Å². The summed E-state index contributed by atoms with van der Waals surface area (Å²) in [6, 6.07) is 3.98. The first kappa shape index (κ1) is 10.1. The molecule has 1 atom stereocenters. The van der Waals surface area contributed by atoms with Gasteiger partial charge < -0.3 is 9.84 Å². The molecule has 2 rings (SSSR count). The lowest BCUT2D eigenvalue weighted by atomic mass is 10.1. The van der Waals surface area contributed by atoms with Gasteiger partial charge in [-0.15, -0.1) is 0 Å². The molecule has 1 saturated heterocycles. The van der Waals surface area contributed by atoms with Crippen molar-refractivity contribution >= 4 is 0 Å². The van der Waals surface area contributed by atoms with Crippen molar-refractivity contribution in [1.82, 2.24) is 0 Å². The molecule has 0 aromatic heterocycles. The molecule has 0 spiro atoms. The lowest BCUT2D eigenvalue weighted by molar-refractivity contribution is 0.110. The van der Waals surface area contributed by atoms with Crippen LogP contribution in [0.4, 0.5) is 4.39 Å². The van der Waals surface area contributed by atoms with E-state index in [0.29, 0.717) is 12.2 Å². The summed E-state index contributed by atoms with van der Waals surface area (Å²) in [4.78, 5) is 11.3. The van der Waals surface area contributed by atoms with Gasteiger partial charge in [-0.2, -0.15) is 0 Å². The first-order valence-electron chi connectivity index (χ1n) is 4.83. The van der Waals surface area contributed by atoms with Crippen LogP contribution in [0.2, 0.25) is 0 Å². The van der Waals surface area contributed by atoms with Crippen molar-refractivity contribution in [3.8, 4) is 5.75 Å². The fraction of sp³-hybridized carbons (Fsp3) is 0.364. The lowest BCUT2D eigenvalue weighted by Gasteiger charge is -2.08. The Morgan fingerprint density at radius 1 is 1.47 bits per heavy atom. The van der Waals surface area contributed by atoms with Gasteiger partial charge in [0.05, 0.1) is 6.10 Å². The third kappa shape index (κ3) is 1.85. The quantitative estimate of drug-likeness (QED) is 0.768. The second kappa shape index (κ2) is 3.98. The molecule has 0 radical (unpaired) electrons. The van der Waals surface area contributed by atoms with Gasteiger partial charge in [-0.1, -0.05) is 12.1 Å². The van der Waals surface area contributed by atoms with Crippen LogP contribution < -0.4 is 5.43 Å². The molecule has 1 aromatic carbocycles. The Hall–Kier alpha value is -1.42. The number of halogens is 1. The second-order valence-corrected chi connectivity index (χ2v) is 3.51. The highest BCUT2D eigenvalue weighted by molar-refractivity contribution is 5.33. The van der Waals surface area contributed by atoms with E-state index < -0.39 is 17.0 Å². The molecule has 1 aliphatic rings. The SMILES string of the molecule is O=c1c(F)cccc([C@@H]2CCCO2)c1O. The Kier molecular flexibility index (Phi) is 2.68. The Morgan fingerprint density at radius 2 is 2.27 bits per heavy atom. The third-order valence-electron chi connectivity index (χ3n) is 2.50. The van der Waals surface area contributed by atoms with E-state index >= 15 is 0 Å². The molecular formula is C11H11FO3. The molecule has 15 heavy (non-hydrogen) atoms. The molecule has 1 N–H and O–H groups in total. The first-order valence-corrected chi connectivity index (χ1v) is 4.83. The van der Waals surface area contributed by atoms with Crippen LogP contribution in [0.1, 0.15) is 24.5 Å². The van der Waals surface area contributed by atoms with E-state index in [1.807, 2.05) is 0 Å². The molecule has 3 nitrogen and oxygen atoms in total. The number of rotatable bonds is 1. The number of hydrogen-bond acceptors (Lipinski definition) is 3. The van der Waals surface area contributed by atoms with Crippen LogP contribution in [0.3, 0.4) is 0 Å². The predicted molar refractivity (Wildman–Crippen MR) is 52.3 cm³/mol. The van der Waals surface area contributed by atoms with Gasteiger partial charge in [0.2, 0.25) is 0 Å². The third-order valence-corrected chi connectivity index (χ3v) is 2.50. The van der Waals surface area contributed by atoms with Crippen molar-refractivity contribution in [3.05, 3.63) is 39.8 Å². The summed E-state index contributed by atoms with van der Waals surface area (Å²) in [5.41, 5.74) is -0.591. The minimum absolute atomic E-state index is 0.288. The molecule has 0 saturated carbocycles. The van der Waals surface area contributed by atoms with E-state index in [4.69, 9.17) is 4.74 Å². The molecule has 0 unspecified atom stereocenters. The van der Waals surface area contributed by atoms with E-state index in [2.05, 4.69) is 0 Å². The fourth-order valence-corrected chi connectivity index (χ4v) is 1.72. The minimum atomic E-state index is -0.967. The van der Waals surface area contributed by atoms with Crippen LogP contribution in [-0.4, -0.2) is 11.7 Å². The van der Waals surface area contributed by atoms with Crippen molar-refractivity contribution in [1.29, 1.82) is 0 Å². The Morgan fingerprint density at radius 3 is 2.93 bits per heavy atom. The zero-order valence-corrected chi connectivity index (χ0v) is 8.07. The molecule has 1 heterocycles. The summed E-state index contributed by atoms with van der Waals surface area (Å²) < 4.78 is 18.3. The van der Waals surface area contributed by atoms with E-state index in [1.165, 1.54) is 12.1 Å². The first-order chi connectivity index (χ1) is 7.20. The Bertz CT molecular complexity index is 425. The summed E-state index contributed by atoms with van der Waals surface area (Å²) in [6.07, 6.45) is 1.35. The zero-order chi connectivity index (χ0) is 10.8. The smallest absolute Gasteiger partial charge is 0.255 e. The number of ether oxygens (including phenoxy) is 1. The van der Waals surface area contributed by atoms with Crippen molar-refractivity contribution in [2.24, 2.45) is 0 Å². The summed E-state index contributed by atoms with van der Waals surface area (Å²) >= 11 is 0. The van der Waals surface area contributed by atoms with E-state index in [0.717, 1.165) is 18.9 Å². The summed E-state index contributed by atoms with van der Waals surface area (Å²) in [5, 5.41) is 9.57. The largest absolute Gasteiger partial charge is 0.504 e. The summed E-state index contributed by atoms with van der Waals surface area (Å²) in [6.45, 7) is 0.611. The van der Waals surface area contributed by atoms with Gasteiger partial charge in [-0.25, -0.2) is 4.39 Å². The molecule has 0 bridgehead atoms. The van der Waals surface area contributed by atoms with Gasteiger partial charge in [0.25, 0.3) is 5.43 Å². The standard InChI is InChI=1S/C11H11FO3/c12-8-4-1-3-7(10(13)11(8)14)9-5-2-6-15-9/h1,3-4,9H,2,5-6H2,(H,13,14)/t9-/m0/s1. The van der Waals surface area contributed by atoms with Gasteiger partial charge in [-0.3, -0.25) is 4.79 Å². The Balaban J connectivity index is 2.53. The van der Waals surface area contributed by atoms with Gasteiger partial charge in [0, 0.05) is 12.2 Å². The average Bonchev–Trinajstić information content (AvgIpc) is 2.71. The molecule has 1 aliphatic heterocycles. The molecular weight excluding hydrogens is 199 g/mol. The maximum atomic E-state index is 13.0. The van der Waals surface area contributed by atoms with Gasteiger partial charge >= 0.3 is 0 Å². The normalized spacial score (nSPS) is 20.5. The lowest BCUT2D eigenvalue weighted by Crippen LogP contribution is -2.05. The second-order valence-electron chi connectivity index (χ2n) is 3.51. The predicted octanol–water partition coefficient (Wildman–Crippen LogP) is 1.74. The minimum Gasteiger partial charge on any atom is -0.504 e. The zero-order valence-electron chi connectivity index (χ0n) is 8.07. The van der Waals surface area contributed by atoms with E-state index in [-0.39, 0.29) is 6.10 Å². The molecule has 0 aliphatic carbocycles. The summed E-state index contributed by atoms with van der Waals surface area (Å²) in [5.74, 6) is -1.49. The highest BCUT2D eigenvalue weighted by Crippen LogP contribution is 2.31. The number of hydrogen-bond donors (Lipinski definition) is 1. The van der Waals surface area contributed by atoms with E-state index in [9.17, 15) is 14.3 Å². The highest BCUT2D eigenvalue weighted by atomic mass is 19.1. The van der Waals surface area contributed by atoms with Crippen LogP contribution >= 0.6 is 0 Å². The van der Waals surface area contributed by atoms with Crippen molar-refractivity contribution in [3.63, 3.8) is 0 Å². The maximum absolute atomic E-state index is 13.0. The monoisotopic (exact) mass is 210 g/mol. The molecule has 1 aromatic rings. The van der Waals surface area contributed by atoms with Crippen LogP contribution in [0, 0.1) is 5.82 Å². The maximum Gasteiger partial charge on any atom is 0.255 e. The summed E-state index contributed by atoms with van der Waals surface area (Å²) in [7, 11) is 0. The molecule has 80 valence electrons. The molecule has 4 heteroatoms. The van der Waals surface area contributed by atoms with Crippen molar-refractivity contribution in [2.45, 2.75) is 18.9 Å². The highest BCUT2D eigenvalue weighted by Gasteiger charge is 2.21. The van der Waals surface area contributed by atoms with Crippen LogP contribution in [-0.2, 0) is 4.74 Å². The fourth-order valence-electron chi connectivity index (χ4n) is 1.72. The number of aromatic hydroxyl groups is 1. The topological polar surface area (TPSA) is 46.5 Å². The van der Waals surface area contributed by atoms with Gasteiger partial charge in [0.15, 0.2) is 11.6 Å². The molecule has 0 amide bonds. The van der Waals surface area contributed by atoms with Crippen LogP contribution in [0.5, 0.6) is 5.75 Å². The molecule has 1 fully saturated rings. The van der Waals surface area contributed by atoms with E-state index in [1.54, 1.807) is 0 Å². The van der Waals surface area contributed by atoms with Gasteiger partial charge in [0.1, 0.15) is 0 Å². The Labute approximate surface area is 86.1 Å². The van der Waals surface area contributed by atoms with Crippen LogP contribution in [0.15, 0.2) is 23.0 Å². The van der Waals surface area contributed by atoms with Gasteiger partial charge in [-0.05, 0) is 18.9 Å². The van der Waals surface area contributed by atoms with Crippen molar-refractivity contribution < 1.29 is 14.2 Å². The van der Waals surface area contributed by atoms with Crippen LogP contribution in [0.25, 0.3) is 0 Å².